The number of hydrogen-bond donors (Lipinski definition) is 0. The highest BCUT2D eigenvalue weighted by molar-refractivity contribution is 7.91. The fraction of sp³-hybridized carbons (Fsp3) is 0.0323. The van der Waals surface area contributed by atoms with Crippen molar-refractivity contribution in [2.45, 2.75) is 0 Å². The summed E-state index contributed by atoms with van der Waals surface area (Å²) in [7, 11) is -1.07. The lowest BCUT2D eigenvalue weighted by molar-refractivity contribution is 0.416. The van der Waals surface area contributed by atoms with Crippen molar-refractivity contribution < 1.29 is 9.47 Å². The largest absolute Gasteiger partial charge is 0.495 e. The molecule has 10 aromatic rings. The molecule has 0 atom stereocenters. The molecule has 10 rings (SSSR count). The first kappa shape index (κ1) is 46.8. The van der Waals surface area contributed by atoms with Gasteiger partial charge >= 0.3 is 0 Å². The van der Waals surface area contributed by atoms with Crippen LogP contribution in [0.2, 0.25) is 0 Å². The van der Waals surface area contributed by atoms with Crippen molar-refractivity contribution in [2.75, 3.05) is 23.1 Å². The molecule has 0 bridgehead atoms. The Morgan fingerprint density at radius 2 is 0.429 bits per heavy atom. The van der Waals surface area contributed by atoms with Crippen molar-refractivity contribution in [1.29, 1.82) is 0 Å². The molecule has 0 heterocycles. The van der Waals surface area contributed by atoms with Crippen LogP contribution in [0.5, 0.6) is 11.5 Å². The lowest BCUT2D eigenvalue weighted by Gasteiger charge is -2.41. The van der Waals surface area contributed by atoms with Crippen molar-refractivity contribution >= 4 is 86.1 Å². The van der Waals surface area contributed by atoms with Crippen molar-refractivity contribution in [3.8, 4) is 22.6 Å². The van der Waals surface area contributed by atoms with Crippen molar-refractivity contribution in [3.63, 3.8) is 0 Å². The van der Waals surface area contributed by atoms with Gasteiger partial charge in [-0.25, -0.2) is 0 Å². The van der Waals surface area contributed by atoms with Crippen molar-refractivity contribution in [1.82, 2.24) is 0 Å². The molecule has 0 aliphatic rings. The molecule has 0 saturated carbocycles. The first-order valence-corrected chi connectivity index (χ1v) is 28.5. The average molecular weight is 981 g/mol. The molecule has 0 N–H and O–H groups in total. The Morgan fingerprint density at radius 3 is 0.600 bits per heavy atom. The number of benzene rings is 10. The highest BCUT2D eigenvalue weighted by Gasteiger charge is 2.36. The van der Waals surface area contributed by atoms with E-state index in [9.17, 15) is 0 Å². The highest BCUT2D eigenvalue weighted by Crippen LogP contribution is 2.61. The summed E-state index contributed by atoms with van der Waals surface area (Å²) in [5.74, 6) is 1.62. The van der Waals surface area contributed by atoms with E-state index < -0.39 is 32.3 Å². The number of anilines is 2. The van der Waals surface area contributed by atoms with Crippen LogP contribution in [0.3, 0.4) is 0 Å². The van der Waals surface area contributed by atoms with Gasteiger partial charge in [0.1, 0.15) is 11.5 Å². The van der Waals surface area contributed by atoms with Gasteiger partial charge in [-0.15, -0.1) is 0 Å². The van der Waals surface area contributed by atoms with Crippen molar-refractivity contribution in [3.05, 3.63) is 279 Å². The molecular weight excluding hydrogens is 929 g/mol. The van der Waals surface area contributed by atoms with Gasteiger partial charge in [0.25, 0.3) is 0 Å². The van der Waals surface area contributed by atoms with Crippen LogP contribution in [0.25, 0.3) is 11.1 Å². The molecule has 0 spiro atoms. The first-order valence-electron chi connectivity index (χ1n) is 23.3. The second-order valence-electron chi connectivity index (χ2n) is 16.3. The Labute approximate surface area is 418 Å². The molecule has 0 fully saturated rings. The standard InChI is InChI=1S/C62H52N2O2P4/c1-65-61-45-43-49(47-59(61)63(67(51-27-11-3-12-28-51)52-29-13-4-14-30-52)68(53-31-15-5-16-32-53)54-33-17-6-18-34-54)50-44-46-62(66-2)60(48-50)64(69(55-35-19-7-20-36-55)56-37-21-8-22-38-56)70(57-39-23-9-24-40-57)58-41-25-10-26-42-58/h3-48H,1-2H3. The molecule has 0 unspecified atom stereocenters. The minimum absolute atomic E-state index is 0.811. The zero-order valence-electron chi connectivity index (χ0n) is 39.1. The van der Waals surface area contributed by atoms with Gasteiger partial charge < -0.3 is 18.4 Å². The normalized spacial score (nSPS) is 11.2. The van der Waals surface area contributed by atoms with Crippen LogP contribution in [0.1, 0.15) is 0 Å². The van der Waals surface area contributed by atoms with E-state index in [0.29, 0.717) is 0 Å². The maximum Gasteiger partial charge on any atom is 0.142 e. The zero-order chi connectivity index (χ0) is 47.5. The number of methoxy groups -OCH3 is 2. The highest BCUT2D eigenvalue weighted by atomic mass is 31.2. The van der Waals surface area contributed by atoms with E-state index in [1.165, 1.54) is 42.4 Å². The van der Waals surface area contributed by atoms with E-state index >= 15 is 0 Å². The second kappa shape index (κ2) is 22.7. The quantitative estimate of drug-likeness (QED) is 0.0849. The van der Waals surface area contributed by atoms with Gasteiger partial charge in [0.2, 0.25) is 0 Å². The van der Waals surface area contributed by atoms with Crippen LogP contribution in [-0.2, 0) is 0 Å². The molecule has 8 heteroatoms. The van der Waals surface area contributed by atoms with Gasteiger partial charge in [-0.1, -0.05) is 255 Å². The summed E-state index contributed by atoms with van der Waals surface area (Å²) in [6.07, 6.45) is 0. The molecule has 4 nitrogen and oxygen atoms in total. The van der Waals surface area contributed by atoms with Gasteiger partial charge in [0.15, 0.2) is 0 Å². The Bertz CT molecular complexity index is 2650. The van der Waals surface area contributed by atoms with Crippen LogP contribution in [0.4, 0.5) is 11.4 Å². The Balaban J connectivity index is 1.24. The number of ether oxygens (including phenoxy) is 2. The smallest absolute Gasteiger partial charge is 0.142 e. The molecule has 0 radical (unpaired) electrons. The van der Waals surface area contributed by atoms with Gasteiger partial charge in [0, 0.05) is 42.4 Å². The summed E-state index contributed by atoms with van der Waals surface area (Å²) in [5, 5.41) is 10.0. The van der Waals surface area contributed by atoms with Gasteiger partial charge in [-0.05, 0) is 35.4 Å². The van der Waals surface area contributed by atoms with Crippen LogP contribution < -0.4 is 60.8 Å². The molecule has 342 valence electrons. The maximum atomic E-state index is 6.47. The molecular formula is C62H52N2O2P4. The van der Waals surface area contributed by atoms with E-state index in [2.05, 4.69) is 288 Å². The fourth-order valence-electron chi connectivity index (χ4n) is 8.69. The van der Waals surface area contributed by atoms with E-state index in [0.717, 1.165) is 34.0 Å². The molecule has 70 heavy (non-hydrogen) atoms. The third-order valence-corrected chi connectivity index (χ3v) is 22.7. The SMILES string of the molecule is COc1ccc(-c2ccc(OC)c(N(P(c3ccccc3)c3ccccc3)P(c3ccccc3)c3ccccc3)c2)cc1N(P(c1ccccc1)c1ccccc1)P(c1ccccc1)c1ccccc1. The number of hydrogen-bond acceptors (Lipinski definition) is 4. The third-order valence-electron chi connectivity index (χ3n) is 11.9. The van der Waals surface area contributed by atoms with Crippen LogP contribution in [0.15, 0.2) is 279 Å². The summed E-state index contributed by atoms with van der Waals surface area (Å²) in [6.45, 7) is 0. The fourth-order valence-corrected chi connectivity index (χ4v) is 20.7. The molecule has 0 saturated heterocycles. The average Bonchev–Trinajstić information content (AvgIpc) is 3.44. The number of rotatable bonds is 17. The lowest BCUT2D eigenvalue weighted by Crippen LogP contribution is -2.32. The molecule has 0 aromatic heterocycles. The summed E-state index contributed by atoms with van der Waals surface area (Å²) in [6, 6.07) is 102. The topological polar surface area (TPSA) is 24.9 Å². The lowest BCUT2D eigenvalue weighted by atomic mass is 10.0. The second-order valence-corrected chi connectivity index (χ2v) is 25.1. The van der Waals surface area contributed by atoms with E-state index in [-0.39, 0.29) is 0 Å². The summed E-state index contributed by atoms with van der Waals surface area (Å²) in [4.78, 5) is 0. The van der Waals surface area contributed by atoms with Crippen LogP contribution in [0, 0.1) is 0 Å². The minimum Gasteiger partial charge on any atom is -0.495 e. The first-order chi connectivity index (χ1) is 34.7. The third kappa shape index (κ3) is 10.2. The van der Waals surface area contributed by atoms with Gasteiger partial charge in [0.05, 0.1) is 57.9 Å². The van der Waals surface area contributed by atoms with Crippen molar-refractivity contribution in [2.24, 2.45) is 0 Å². The molecule has 0 amide bonds. The Kier molecular flexibility index (Phi) is 15.2. The predicted molar refractivity (Wildman–Crippen MR) is 306 cm³/mol. The molecule has 0 aliphatic carbocycles. The maximum absolute atomic E-state index is 6.47. The monoisotopic (exact) mass is 980 g/mol. The Hall–Kier alpha value is -6.88. The predicted octanol–water partition coefficient (Wildman–Crippen LogP) is 13.2. The van der Waals surface area contributed by atoms with E-state index in [1.54, 1.807) is 14.2 Å². The Morgan fingerprint density at radius 1 is 0.243 bits per heavy atom. The van der Waals surface area contributed by atoms with Gasteiger partial charge in [-0.2, -0.15) is 0 Å². The van der Waals surface area contributed by atoms with E-state index in [1.807, 2.05) is 0 Å². The summed E-state index contributed by atoms with van der Waals surface area (Å²) in [5.41, 5.74) is 4.20. The van der Waals surface area contributed by atoms with E-state index in [4.69, 9.17) is 9.47 Å². The number of nitrogens with zero attached hydrogens (tertiary/aromatic N) is 2. The molecule has 10 aromatic carbocycles. The molecule has 0 aliphatic heterocycles. The van der Waals surface area contributed by atoms with Crippen LogP contribution in [-0.4, -0.2) is 14.2 Å². The summed E-state index contributed by atoms with van der Waals surface area (Å²) < 4.78 is 18.4. The van der Waals surface area contributed by atoms with Crippen LogP contribution >= 0.6 is 32.3 Å². The zero-order valence-corrected chi connectivity index (χ0v) is 42.6. The van der Waals surface area contributed by atoms with Gasteiger partial charge in [-0.3, -0.25) is 0 Å². The minimum atomic E-state index is -1.17. The summed E-state index contributed by atoms with van der Waals surface area (Å²) >= 11 is 0.